The van der Waals surface area contributed by atoms with Crippen LogP contribution >= 0.6 is 11.6 Å². The van der Waals surface area contributed by atoms with Gasteiger partial charge in [0.25, 0.3) is 5.91 Å². The Morgan fingerprint density at radius 1 is 1.18 bits per heavy atom. The zero-order chi connectivity index (χ0) is 16.3. The number of rotatable bonds is 4. The molecule has 0 aliphatic heterocycles. The van der Waals surface area contributed by atoms with Crippen LogP contribution in [0, 0.1) is 11.6 Å². The first-order chi connectivity index (χ1) is 10.4. The van der Waals surface area contributed by atoms with Gasteiger partial charge in [-0.15, -0.1) is 0 Å². The molecule has 0 aliphatic rings. The van der Waals surface area contributed by atoms with Crippen molar-refractivity contribution in [3.8, 4) is 0 Å². The monoisotopic (exact) mass is 325 g/mol. The number of benzene rings is 2. The molecule has 2 aromatic carbocycles. The molecule has 2 atom stereocenters. The molecule has 0 fully saturated rings. The minimum Gasteiger partial charge on any atom is -0.386 e. The number of aliphatic hydroxyl groups is 1. The lowest BCUT2D eigenvalue weighted by atomic mass is 10.0. The quantitative estimate of drug-likeness (QED) is 0.904. The van der Waals surface area contributed by atoms with Gasteiger partial charge in [-0.05, 0) is 36.8 Å². The van der Waals surface area contributed by atoms with Crippen LogP contribution in [0.5, 0.6) is 0 Å². The SMILES string of the molecule is CC(NC(=O)c1c(F)cccc1Cl)C(O)c1ccc(F)cc1. The number of hydrogen-bond donors (Lipinski definition) is 2. The fourth-order valence-electron chi connectivity index (χ4n) is 2.02. The van der Waals surface area contributed by atoms with Crippen LogP contribution in [0.15, 0.2) is 42.5 Å². The van der Waals surface area contributed by atoms with Crippen molar-refractivity contribution in [1.29, 1.82) is 0 Å². The number of amides is 1. The molecule has 0 saturated heterocycles. The molecule has 0 spiro atoms. The average Bonchev–Trinajstić information content (AvgIpc) is 2.47. The maximum absolute atomic E-state index is 13.7. The zero-order valence-corrected chi connectivity index (χ0v) is 12.4. The molecule has 0 aromatic heterocycles. The van der Waals surface area contributed by atoms with Gasteiger partial charge in [0.05, 0.1) is 22.7 Å². The maximum atomic E-state index is 13.7. The highest BCUT2D eigenvalue weighted by atomic mass is 35.5. The summed E-state index contributed by atoms with van der Waals surface area (Å²) in [7, 11) is 0. The first kappa shape index (κ1) is 16.4. The average molecular weight is 326 g/mol. The van der Waals surface area contributed by atoms with E-state index in [0.717, 1.165) is 6.07 Å². The number of carbonyl (C=O) groups is 1. The van der Waals surface area contributed by atoms with Crippen LogP contribution in [-0.2, 0) is 0 Å². The van der Waals surface area contributed by atoms with Crippen LogP contribution in [-0.4, -0.2) is 17.1 Å². The minimum atomic E-state index is -1.06. The van der Waals surface area contributed by atoms with Gasteiger partial charge in [-0.3, -0.25) is 4.79 Å². The predicted octanol–water partition coefficient (Wildman–Crippen LogP) is 3.47. The topological polar surface area (TPSA) is 49.3 Å². The number of halogens is 3. The van der Waals surface area contributed by atoms with Crippen molar-refractivity contribution in [3.63, 3.8) is 0 Å². The summed E-state index contributed by atoms with van der Waals surface area (Å²) in [4.78, 5) is 12.1. The van der Waals surface area contributed by atoms with Gasteiger partial charge in [-0.2, -0.15) is 0 Å². The van der Waals surface area contributed by atoms with Crippen LogP contribution in [0.1, 0.15) is 28.9 Å². The van der Waals surface area contributed by atoms with Crippen LogP contribution in [0.3, 0.4) is 0 Å². The lowest BCUT2D eigenvalue weighted by Crippen LogP contribution is -2.37. The van der Waals surface area contributed by atoms with Gasteiger partial charge in [0.15, 0.2) is 0 Å². The summed E-state index contributed by atoms with van der Waals surface area (Å²) in [5, 5.41) is 12.6. The number of carbonyl (C=O) groups excluding carboxylic acids is 1. The third kappa shape index (κ3) is 3.61. The number of aliphatic hydroxyl groups excluding tert-OH is 1. The van der Waals surface area contributed by atoms with Crippen LogP contribution < -0.4 is 5.32 Å². The molecular weight excluding hydrogens is 312 g/mol. The van der Waals surface area contributed by atoms with Crippen molar-refractivity contribution < 1.29 is 18.7 Å². The molecule has 3 nitrogen and oxygen atoms in total. The number of nitrogens with one attached hydrogen (secondary N) is 1. The van der Waals surface area contributed by atoms with Gasteiger partial charge in [-0.25, -0.2) is 8.78 Å². The van der Waals surface area contributed by atoms with Crippen molar-refractivity contribution in [2.24, 2.45) is 0 Å². The maximum Gasteiger partial charge on any atom is 0.256 e. The molecule has 2 aromatic rings. The molecule has 6 heteroatoms. The Kier molecular flexibility index (Phi) is 5.11. The predicted molar refractivity (Wildman–Crippen MR) is 79.7 cm³/mol. The third-order valence-electron chi connectivity index (χ3n) is 3.23. The first-order valence-corrected chi connectivity index (χ1v) is 6.96. The summed E-state index contributed by atoms with van der Waals surface area (Å²) < 4.78 is 26.5. The molecule has 0 radical (unpaired) electrons. The highest BCUT2D eigenvalue weighted by molar-refractivity contribution is 6.33. The highest BCUT2D eigenvalue weighted by Gasteiger charge is 2.22. The van der Waals surface area contributed by atoms with E-state index in [1.807, 2.05) is 0 Å². The fourth-order valence-corrected chi connectivity index (χ4v) is 2.27. The normalized spacial score (nSPS) is 13.5. The Bertz CT molecular complexity index is 656. The van der Waals surface area contributed by atoms with Gasteiger partial charge in [0.2, 0.25) is 0 Å². The Labute approximate surface area is 131 Å². The second-order valence-corrected chi connectivity index (χ2v) is 5.26. The van der Waals surface area contributed by atoms with Gasteiger partial charge < -0.3 is 10.4 Å². The van der Waals surface area contributed by atoms with E-state index in [9.17, 15) is 18.7 Å². The molecule has 2 rings (SSSR count). The molecule has 116 valence electrons. The van der Waals surface area contributed by atoms with E-state index in [1.165, 1.54) is 36.4 Å². The van der Waals surface area contributed by atoms with Crippen molar-refractivity contribution >= 4 is 17.5 Å². The van der Waals surface area contributed by atoms with Crippen LogP contribution in [0.2, 0.25) is 5.02 Å². The lowest BCUT2D eigenvalue weighted by molar-refractivity contribution is 0.0848. The number of hydrogen-bond acceptors (Lipinski definition) is 2. The van der Waals surface area contributed by atoms with Gasteiger partial charge in [0, 0.05) is 0 Å². The van der Waals surface area contributed by atoms with E-state index in [0.29, 0.717) is 5.56 Å². The Morgan fingerprint density at radius 3 is 2.41 bits per heavy atom. The van der Waals surface area contributed by atoms with Crippen molar-refractivity contribution in [1.82, 2.24) is 5.32 Å². The molecule has 2 N–H and O–H groups in total. The Hall–Kier alpha value is -1.98. The third-order valence-corrected chi connectivity index (χ3v) is 3.55. The molecule has 22 heavy (non-hydrogen) atoms. The largest absolute Gasteiger partial charge is 0.386 e. The van der Waals surface area contributed by atoms with Gasteiger partial charge in [0.1, 0.15) is 11.6 Å². The molecule has 0 aliphatic carbocycles. The van der Waals surface area contributed by atoms with E-state index in [-0.39, 0.29) is 10.6 Å². The molecule has 0 heterocycles. The summed E-state index contributed by atoms with van der Waals surface area (Å²) in [6, 6.07) is 8.46. The second kappa shape index (κ2) is 6.85. The van der Waals surface area contributed by atoms with Crippen molar-refractivity contribution in [3.05, 3.63) is 70.2 Å². The second-order valence-electron chi connectivity index (χ2n) is 4.86. The molecule has 2 unspecified atom stereocenters. The first-order valence-electron chi connectivity index (χ1n) is 6.58. The smallest absolute Gasteiger partial charge is 0.256 e. The minimum absolute atomic E-state index is 0.0130. The zero-order valence-electron chi connectivity index (χ0n) is 11.7. The van der Waals surface area contributed by atoms with Gasteiger partial charge >= 0.3 is 0 Å². The fraction of sp³-hybridized carbons (Fsp3) is 0.188. The summed E-state index contributed by atoms with van der Waals surface area (Å²) in [6.07, 6.45) is -1.06. The van der Waals surface area contributed by atoms with Crippen molar-refractivity contribution in [2.45, 2.75) is 19.1 Å². The highest BCUT2D eigenvalue weighted by Crippen LogP contribution is 2.21. The summed E-state index contributed by atoms with van der Waals surface area (Å²) in [6.45, 7) is 1.56. The van der Waals surface area contributed by atoms with E-state index < -0.39 is 29.7 Å². The van der Waals surface area contributed by atoms with Crippen LogP contribution in [0.4, 0.5) is 8.78 Å². The van der Waals surface area contributed by atoms with Crippen LogP contribution in [0.25, 0.3) is 0 Å². The van der Waals surface area contributed by atoms with Gasteiger partial charge in [-0.1, -0.05) is 29.8 Å². The summed E-state index contributed by atoms with van der Waals surface area (Å²) in [5.74, 6) is -1.89. The van der Waals surface area contributed by atoms with E-state index in [2.05, 4.69) is 5.32 Å². The van der Waals surface area contributed by atoms with Crippen molar-refractivity contribution in [2.75, 3.05) is 0 Å². The Balaban J connectivity index is 2.12. The summed E-state index contributed by atoms with van der Waals surface area (Å²) >= 11 is 5.82. The molecule has 1 amide bonds. The van der Waals surface area contributed by atoms with E-state index in [1.54, 1.807) is 6.92 Å². The Morgan fingerprint density at radius 2 is 1.82 bits per heavy atom. The summed E-state index contributed by atoms with van der Waals surface area (Å²) in [5.41, 5.74) is 0.163. The molecule has 0 saturated carbocycles. The molecular formula is C16H14ClF2NO2. The molecule has 0 bridgehead atoms. The lowest BCUT2D eigenvalue weighted by Gasteiger charge is -2.21. The standard InChI is InChI=1S/C16H14ClF2NO2/c1-9(15(21)10-5-7-11(18)8-6-10)20-16(22)14-12(17)3-2-4-13(14)19/h2-9,15,21H,1H3,(H,20,22). The van der Waals surface area contributed by atoms with E-state index in [4.69, 9.17) is 11.6 Å². The van der Waals surface area contributed by atoms with E-state index >= 15 is 0 Å².